The molecule has 0 saturated heterocycles. The van der Waals surface area contributed by atoms with E-state index in [9.17, 15) is 57.5 Å². The predicted octanol–water partition coefficient (Wildman–Crippen LogP) is 2.78. The number of aromatic nitrogens is 5. The second-order valence-electron chi connectivity index (χ2n) is 11.5. The second kappa shape index (κ2) is 18.1. The number of azo groups is 1. The van der Waals surface area contributed by atoms with E-state index in [0.29, 0.717) is 4.68 Å². The van der Waals surface area contributed by atoms with Crippen molar-refractivity contribution in [2.24, 2.45) is 10.2 Å². The molecule has 0 unspecified atom stereocenters. The number of H-pyrrole nitrogens is 1. The highest BCUT2D eigenvalue weighted by atomic mass is 35.5. The summed E-state index contributed by atoms with van der Waals surface area (Å²) in [7, 11) is -17.4. The number of anilines is 3. The minimum absolute atomic E-state index is 0.203. The van der Waals surface area contributed by atoms with Gasteiger partial charge in [-0.25, -0.2) is 26.3 Å². The van der Waals surface area contributed by atoms with Gasteiger partial charge in [0.2, 0.25) is 17.2 Å². The summed E-state index contributed by atoms with van der Waals surface area (Å²) in [6, 6.07) is 6.62. The number of nitrogens with one attached hydrogen (secondary N) is 2. The van der Waals surface area contributed by atoms with Crippen LogP contribution in [0.2, 0.25) is 5.28 Å². The molecule has 0 saturated carbocycles. The van der Waals surface area contributed by atoms with Crippen LogP contribution in [0, 0.1) is 6.92 Å². The number of aromatic amines is 1. The zero-order valence-electron chi connectivity index (χ0n) is 28.9. The molecule has 0 amide bonds. The number of sulfone groups is 2. The van der Waals surface area contributed by atoms with Gasteiger partial charge < -0.3 is 15.3 Å². The Morgan fingerprint density at radius 3 is 1.98 bits per heavy atom. The lowest BCUT2D eigenvalue weighted by Crippen LogP contribution is -2.36. The van der Waals surface area contributed by atoms with Crippen LogP contribution in [0.3, 0.4) is 0 Å². The van der Waals surface area contributed by atoms with Gasteiger partial charge in [0.1, 0.15) is 15.5 Å². The molecule has 22 nitrogen and oxygen atoms in total. The van der Waals surface area contributed by atoms with Crippen molar-refractivity contribution in [1.82, 2.24) is 24.7 Å². The molecule has 4 rings (SSSR count). The zero-order chi connectivity index (χ0) is 42.5. The number of carboxylic acid groups (broad SMARTS) is 1. The van der Waals surface area contributed by atoms with E-state index in [1.54, 1.807) is 0 Å². The van der Waals surface area contributed by atoms with Crippen molar-refractivity contribution in [2.75, 3.05) is 58.1 Å². The Kier molecular flexibility index (Phi) is 14.4. The quantitative estimate of drug-likeness (QED) is 0.0513. The summed E-state index contributed by atoms with van der Waals surface area (Å²) in [5.74, 6) is -4.68. The maximum atomic E-state index is 13.6. The summed E-state index contributed by atoms with van der Waals surface area (Å²) in [4.78, 5) is 37.6. The minimum Gasteiger partial charge on any atom is -0.476 e. The van der Waals surface area contributed by atoms with Crippen LogP contribution in [-0.4, -0.2) is 126 Å². The molecule has 2 heterocycles. The molecule has 0 aliphatic rings. The smallest absolute Gasteiger partial charge is 0.356 e. The fourth-order valence-electron chi connectivity index (χ4n) is 4.86. The largest absolute Gasteiger partial charge is 0.476 e. The van der Waals surface area contributed by atoms with E-state index in [2.05, 4.69) is 35.6 Å². The average Bonchev–Trinajstić information content (AvgIpc) is 3.42. The molecule has 29 heteroatoms. The number of rotatable bonds is 19. The fourth-order valence-corrected chi connectivity index (χ4v) is 9.70. The minimum atomic E-state index is -5.09. The van der Waals surface area contributed by atoms with Crippen LogP contribution in [0.5, 0.6) is 0 Å². The number of aromatic carboxylic acids is 1. The van der Waals surface area contributed by atoms with Gasteiger partial charge in [-0.05, 0) is 48.4 Å². The lowest BCUT2D eigenvalue weighted by atomic mass is 10.1. The van der Waals surface area contributed by atoms with Gasteiger partial charge in [0, 0.05) is 30.5 Å². The van der Waals surface area contributed by atoms with Crippen molar-refractivity contribution >= 4 is 110 Å². The fraction of sp³-hybridized carbons (Fsp3) is 0.321. The van der Waals surface area contributed by atoms with E-state index >= 15 is 0 Å². The number of carbonyl (C=O) groups is 1. The molecule has 0 fully saturated rings. The Balaban J connectivity index is 1.84. The Hall–Kier alpha value is -4.28. The molecule has 0 bridgehead atoms. The Labute approximate surface area is 339 Å². The molecule has 2 aromatic carbocycles. The van der Waals surface area contributed by atoms with E-state index in [-0.39, 0.29) is 53.6 Å². The zero-order valence-corrected chi connectivity index (χ0v) is 34.5. The summed E-state index contributed by atoms with van der Waals surface area (Å²) in [5.41, 5.74) is -4.49. The van der Waals surface area contributed by atoms with Crippen LogP contribution in [0.1, 0.15) is 16.1 Å². The summed E-state index contributed by atoms with van der Waals surface area (Å²) in [6.07, 6.45) is 0. The molecule has 2 aromatic heterocycles. The summed E-state index contributed by atoms with van der Waals surface area (Å²) >= 11 is 17.4. The highest BCUT2D eigenvalue weighted by Crippen LogP contribution is 2.30. The van der Waals surface area contributed by atoms with E-state index in [4.69, 9.17) is 34.8 Å². The standard InChI is InChI=1S/C28H30Cl3N9O13S4/c1-16-19(40-24(41)22(23(38-40)25(42)43)37-36-18-4-2-3-5-20(18)56(48,49)50)14-17(15-21(16)57(51,52)53)32-27-33-26(31)34-28(35-27)39(8-12-54(44,45)10-6-29)9-13-55(46,47)11-7-30/h2-5,14-15,38H,6-13H2,1H3,(H,42,43)(H,48,49,50)(H,51,52,53)(H,32,33,34,35). The third-order valence-electron chi connectivity index (χ3n) is 7.59. The molecule has 0 atom stereocenters. The number of hydrogen-bond acceptors (Lipinski definition) is 17. The third kappa shape index (κ3) is 11.9. The van der Waals surface area contributed by atoms with Crippen molar-refractivity contribution in [3.63, 3.8) is 0 Å². The normalized spacial score (nSPS) is 12.6. The topological polar surface area (TPSA) is 331 Å². The Morgan fingerprint density at radius 2 is 1.44 bits per heavy atom. The first-order chi connectivity index (χ1) is 26.5. The van der Waals surface area contributed by atoms with Gasteiger partial charge in [-0.3, -0.25) is 19.0 Å². The van der Waals surface area contributed by atoms with Gasteiger partial charge in [0.05, 0.1) is 28.7 Å². The number of hydrogen-bond donors (Lipinski definition) is 5. The van der Waals surface area contributed by atoms with E-state index in [1.807, 2.05) is 0 Å². The van der Waals surface area contributed by atoms with Crippen molar-refractivity contribution in [3.05, 3.63) is 63.3 Å². The van der Waals surface area contributed by atoms with E-state index in [0.717, 1.165) is 31.2 Å². The first-order valence-corrected chi connectivity index (χ1v) is 23.6. The van der Waals surface area contributed by atoms with Crippen LogP contribution in [-0.2, 0) is 39.9 Å². The van der Waals surface area contributed by atoms with Crippen molar-refractivity contribution in [1.29, 1.82) is 0 Å². The molecular weight excluding hydrogens is 905 g/mol. The highest BCUT2D eigenvalue weighted by molar-refractivity contribution is 7.91. The van der Waals surface area contributed by atoms with E-state index in [1.165, 1.54) is 17.0 Å². The lowest BCUT2D eigenvalue weighted by molar-refractivity contribution is 0.0690. The molecule has 4 aromatic rings. The van der Waals surface area contributed by atoms with Crippen molar-refractivity contribution in [3.8, 4) is 5.69 Å². The van der Waals surface area contributed by atoms with Gasteiger partial charge in [-0.2, -0.15) is 31.8 Å². The van der Waals surface area contributed by atoms with Crippen LogP contribution < -0.4 is 15.8 Å². The number of benzene rings is 2. The SMILES string of the molecule is Cc1c(-n2[nH]c(C(=O)O)c(N=Nc3ccccc3S(=O)(=O)O)c2=O)cc(Nc2nc(Cl)nc(N(CCS(=O)(=O)CCCl)CCS(=O)(=O)CCCl)n2)cc1S(=O)(=O)O. The monoisotopic (exact) mass is 933 g/mol. The first kappa shape index (κ1) is 45.4. The molecule has 0 aliphatic heterocycles. The maximum Gasteiger partial charge on any atom is 0.356 e. The van der Waals surface area contributed by atoms with Gasteiger partial charge in [0.25, 0.3) is 25.8 Å². The highest BCUT2D eigenvalue weighted by Gasteiger charge is 2.26. The summed E-state index contributed by atoms with van der Waals surface area (Å²) < 4.78 is 119. The third-order valence-corrected chi connectivity index (χ3v) is 13.7. The van der Waals surface area contributed by atoms with Crippen LogP contribution in [0.15, 0.2) is 61.2 Å². The van der Waals surface area contributed by atoms with Gasteiger partial charge in [-0.15, -0.1) is 33.4 Å². The molecule has 310 valence electrons. The molecular formula is C28H30Cl3N9O13S4. The van der Waals surface area contributed by atoms with Crippen molar-refractivity contribution < 1.29 is 52.7 Å². The Bertz CT molecular complexity index is 2690. The number of halogens is 3. The Morgan fingerprint density at radius 1 is 0.860 bits per heavy atom. The number of alkyl halides is 2. The maximum absolute atomic E-state index is 13.6. The first-order valence-electron chi connectivity index (χ1n) is 15.6. The average molecular weight is 935 g/mol. The van der Waals surface area contributed by atoms with Crippen LogP contribution in [0.4, 0.5) is 29.0 Å². The molecule has 0 aliphatic carbocycles. The predicted molar refractivity (Wildman–Crippen MR) is 207 cm³/mol. The number of nitrogens with zero attached hydrogens (tertiary/aromatic N) is 7. The van der Waals surface area contributed by atoms with Gasteiger partial charge in [0.15, 0.2) is 31.1 Å². The van der Waals surface area contributed by atoms with Gasteiger partial charge in [-0.1, -0.05) is 12.1 Å². The second-order valence-corrected chi connectivity index (χ2v) is 20.0. The molecule has 0 spiro atoms. The lowest BCUT2D eigenvalue weighted by Gasteiger charge is -2.23. The van der Waals surface area contributed by atoms with E-state index < -0.39 is 107 Å². The molecule has 57 heavy (non-hydrogen) atoms. The van der Waals surface area contributed by atoms with Crippen LogP contribution >= 0.6 is 34.8 Å². The molecule has 0 radical (unpaired) electrons. The number of carboxylic acids is 1. The summed E-state index contributed by atoms with van der Waals surface area (Å²) in [6.45, 7) is 0.491. The van der Waals surface area contributed by atoms with Crippen molar-refractivity contribution in [2.45, 2.75) is 16.7 Å². The summed E-state index contributed by atoms with van der Waals surface area (Å²) in [5, 5.41) is 21.5. The van der Waals surface area contributed by atoms with Crippen LogP contribution in [0.25, 0.3) is 5.69 Å². The van der Waals surface area contributed by atoms with Gasteiger partial charge >= 0.3 is 5.97 Å². The molecule has 5 N–H and O–H groups in total.